The standard InChI is InChI=1S/C23H28BrNO3/c1-23(2,3)16-8-13-21(20(24)14-16)27-15-22(26)25-17-9-11-19(12-10-17)28-18-6-4-5-7-18/h8-14,18H,4-7,15H2,1-3H3,(H,25,26). The Kier molecular flexibility index (Phi) is 6.65. The molecule has 28 heavy (non-hydrogen) atoms. The lowest BCUT2D eigenvalue weighted by Crippen LogP contribution is -2.20. The van der Waals surface area contributed by atoms with Gasteiger partial charge in [0.1, 0.15) is 11.5 Å². The van der Waals surface area contributed by atoms with Crippen LogP contribution in [0.15, 0.2) is 46.9 Å². The number of ether oxygens (including phenoxy) is 2. The van der Waals surface area contributed by atoms with Gasteiger partial charge in [-0.15, -0.1) is 0 Å². The zero-order valence-electron chi connectivity index (χ0n) is 16.8. The van der Waals surface area contributed by atoms with Crippen molar-refractivity contribution in [1.82, 2.24) is 0 Å². The van der Waals surface area contributed by atoms with Gasteiger partial charge in [0.2, 0.25) is 0 Å². The zero-order valence-corrected chi connectivity index (χ0v) is 18.3. The van der Waals surface area contributed by atoms with E-state index in [0.29, 0.717) is 11.9 Å². The van der Waals surface area contributed by atoms with Gasteiger partial charge in [-0.05, 0) is 89.0 Å². The second-order valence-corrected chi connectivity index (χ2v) is 9.14. The number of amides is 1. The smallest absolute Gasteiger partial charge is 0.262 e. The molecule has 0 bridgehead atoms. The van der Waals surface area contributed by atoms with Crippen molar-refractivity contribution in [3.05, 3.63) is 52.5 Å². The number of anilines is 1. The van der Waals surface area contributed by atoms with Crippen LogP contribution in [-0.2, 0) is 10.2 Å². The van der Waals surface area contributed by atoms with Crippen LogP contribution >= 0.6 is 15.9 Å². The number of hydrogen-bond donors (Lipinski definition) is 1. The molecule has 2 aromatic carbocycles. The third-order valence-electron chi connectivity index (χ3n) is 4.90. The summed E-state index contributed by atoms with van der Waals surface area (Å²) in [6.45, 7) is 6.43. The lowest BCUT2D eigenvalue weighted by Gasteiger charge is -2.20. The molecule has 1 fully saturated rings. The van der Waals surface area contributed by atoms with Gasteiger partial charge in [-0.1, -0.05) is 26.8 Å². The average Bonchev–Trinajstić information content (AvgIpc) is 3.14. The van der Waals surface area contributed by atoms with Crippen molar-refractivity contribution in [2.45, 2.75) is 58.0 Å². The topological polar surface area (TPSA) is 47.6 Å². The lowest BCUT2D eigenvalue weighted by molar-refractivity contribution is -0.118. The van der Waals surface area contributed by atoms with Crippen molar-refractivity contribution in [3.63, 3.8) is 0 Å². The van der Waals surface area contributed by atoms with Gasteiger partial charge in [0, 0.05) is 5.69 Å². The summed E-state index contributed by atoms with van der Waals surface area (Å²) < 4.78 is 12.5. The van der Waals surface area contributed by atoms with Gasteiger partial charge >= 0.3 is 0 Å². The van der Waals surface area contributed by atoms with E-state index in [4.69, 9.17) is 9.47 Å². The largest absolute Gasteiger partial charge is 0.490 e. The van der Waals surface area contributed by atoms with Crippen LogP contribution < -0.4 is 14.8 Å². The molecule has 1 aliphatic rings. The Labute approximate surface area is 175 Å². The number of carbonyl (C=O) groups is 1. The summed E-state index contributed by atoms with van der Waals surface area (Å²) in [5, 5.41) is 2.85. The molecule has 0 spiro atoms. The van der Waals surface area contributed by atoms with Gasteiger partial charge in [0.25, 0.3) is 5.91 Å². The molecule has 0 aromatic heterocycles. The van der Waals surface area contributed by atoms with E-state index in [1.165, 1.54) is 18.4 Å². The molecule has 1 N–H and O–H groups in total. The van der Waals surface area contributed by atoms with Crippen molar-refractivity contribution < 1.29 is 14.3 Å². The molecular formula is C23H28BrNO3. The second-order valence-electron chi connectivity index (χ2n) is 8.28. The van der Waals surface area contributed by atoms with E-state index in [2.05, 4.69) is 42.0 Å². The average molecular weight is 446 g/mol. The van der Waals surface area contributed by atoms with Crippen molar-refractivity contribution >= 4 is 27.5 Å². The quantitative estimate of drug-likeness (QED) is 0.585. The predicted molar refractivity (Wildman–Crippen MR) is 116 cm³/mol. The summed E-state index contributed by atoms with van der Waals surface area (Å²) in [5.41, 5.74) is 2.00. The minimum absolute atomic E-state index is 0.0478. The number of halogens is 1. The van der Waals surface area contributed by atoms with Crippen molar-refractivity contribution in [3.8, 4) is 11.5 Å². The molecule has 0 aliphatic heterocycles. The van der Waals surface area contributed by atoms with Crippen LogP contribution in [0.1, 0.15) is 52.0 Å². The number of benzene rings is 2. The molecule has 5 heteroatoms. The van der Waals surface area contributed by atoms with E-state index in [0.717, 1.165) is 28.8 Å². The minimum atomic E-state index is -0.198. The monoisotopic (exact) mass is 445 g/mol. The van der Waals surface area contributed by atoms with E-state index in [9.17, 15) is 4.79 Å². The highest BCUT2D eigenvalue weighted by Gasteiger charge is 2.17. The molecule has 0 radical (unpaired) electrons. The lowest BCUT2D eigenvalue weighted by atomic mass is 9.87. The molecule has 150 valence electrons. The van der Waals surface area contributed by atoms with Crippen LogP contribution in [0.25, 0.3) is 0 Å². The van der Waals surface area contributed by atoms with Crippen molar-refractivity contribution in [2.24, 2.45) is 0 Å². The molecule has 1 amide bonds. The second kappa shape index (κ2) is 8.99. The van der Waals surface area contributed by atoms with Crippen LogP contribution in [0.4, 0.5) is 5.69 Å². The van der Waals surface area contributed by atoms with E-state index in [1.807, 2.05) is 42.5 Å². The summed E-state index contributed by atoms with van der Waals surface area (Å²) in [4.78, 5) is 12.2. The number of rotatable bonds is 6. The zero-order chi connectivity index (χ0) is 20.1. The Morgan fingerprint density at radius 2 is 1.79 bits per heavy atom. The van der Waals surface area contributed by atoms with Crippen LogP contribution in [0.3, 0.4) is 0 Å². The van der Waals surface area contributed by atoms with Crippen molar-refractivity contribution in [1.29, 1.82) is 0 Å². The summed E-state index contributed by atoms with van der Waals surface area (Å²) in [5.74, 6) is 1.31. The van der Waals surface area contributed by atoms with E-state index >= 15 is 0 Å². The van der Waals surface area contributed by atoms with Gasteiger partial charge in [-0.2, -0.15) is 0 Å². The Balaban J connectivity index is 1.50. The van der Waals surface area contributed by atoms with Gasteiger partial charge < -0.3 is 14.8 Å². The third kappa shape index (κ3) is 5.74. The fraction of sp³-hybridized carbons (Fsp3) is 0.435. The van der Waals surface area contributed by atoms with Gasteiger partial charge in [-0.25, -0.2) is 0 Å². The van der Waals surface area contributed by atoms with E-state index in [1.54, 1.807) is 0 Å². The Morgan fingerprint density at radius 1 is 1.11 bits per heavy atom. The first-order valence-electron chi connectivity index (χ1n) is 9.81. The fourth-order valence-electron chi connectivity index (χ4n) is 3.24. The molecule has 1 aliphatic carbocycles. The Morgan fingerprint density at radius 3 is 2.39 bits per heavy atom. The van der Waals surface area contributed by atoms with Crippen LogP contribution in [0, 0.1) is 0 Å². The minimum Gasteiger partial charge on any atom is -0.490 e. The van der Waals surface area contributed by atoms with Crippen LogP contribution in [-0.4, -0.2) is 18.6 Å². The number of nitrogens with one attached hydrogen (secondary N) is 1. The van der Waals surface area contributed by atoms with Crippen LogP contribution in [0.2, 0.25) is 0 Å². The first-order chi connectivity index (χ1) is 13.3. The summed E-state index contributed by atoms with van der Waals surface area (Å²) in [6.07, 6.45) is 5.07. The Hall–Kier alpha value is -2.01. The highest BCUT2D eigenvalue weighted by Crippen LogP contribution is 2.31. The SMILES string of the molecule is CC(C)(C)c1ccc(OCC(=O)Nc2ccc(OC3CCCC3)cc2)c(Br)c1. The summed E-state index contributed by atoms with van der Waals surface area (Å²) >= 11 is 3.53. The maximum atomic E-state index is 12.2. The maximum Gasteiger partial charge on any atom is 0.262 e. The molecule has 0 saturated heterocycles. The fourth-order valence-corrected chi connectivity index (χ4v) is 3.73. The summed E-state index contributed by atoms with van der Waals surface area (Å²) in [7, 11) is 0. The molecule has 1 saturated carbocycles. The van der Waals surface area contributed by atoms with Gasteiger partial charge in [0.15, 0.2) is 6.61 Å². The number of hydrogen-bond acceptors (Lipinski definition) is 3. The molecule has 4 nitrogen and oxygen atoms in total. The highest BCUT2D eigenvalue weighted by atomic mass is 79.9. The van der Waals surface area contributed by atoms with Crippen molar-refractivity contribution in [2.75, 3.05) is 11.9 Å². The normalized spacial score (nSPS) is 14.7. The first kappa shape index (κ1) is 20.7. The third-order valence-corrected chi connectivity index (χ3v) is 5.52. The molecular weight excluding hydrogens is 418 g/mol. The molecule has 2 aromatic rings. The maximum absolute atomic E-state index is 12.2. The Bertz CT molecular complexity index is 806. The van der Waals surface area contributed by atoms with Crippen LogP contribution in [0.5, 0.6) is 11.5 Å². The first-order valence-corrected chi connectivity index (χ1v) is 10.6. The molecule has 0 heterocycles. The van der Waals surface area contributed by atoms with Gasteiger partial charge in [0.05, 0.1) is 10.6 Å². The molecule has 3 rings (SSSR count). The van der Waals surface area contributed by atoms with Gasteiger partial charge in [-0.3, -0.25) is 4.79 Å². The summed E-state index contributed by atoms with van der Waals surface area (Å²) in [6, 6.07) is 13.5. The predicted octanol–water partition coefficient (Wildman–Crippen LogP) is 6.09. The number of carbonyl (C=O) groups excluding carboxylic acids is 1. The van der Waals surface area contributed by atoms with E-state index < -0.39 is 0 Å². The molecule has 0 atom stereocenters. The molecule has 0 unspecified atom stereocenters. The highest BCUT2D eigenvalue weighted by molar-refractivity contribution is 9.10. The van der Waals surface area contributed by atoms with E-state index in [-0.39, 0.29) is 17.9 Å².